The summed E-state index contributed by atoms with van der Waals surface area (Å²) in [6.45, 7) is 2.06. The molecule has 0 spiro atoms. The molecule has 0 saturated carbocycles. The van der Waals surface area contributed by atoms with Crippen LogP contribution in [0.1, 0.15) is 17.8 Å². The number of nitrogens with zero attached hydrogens (tertiary/aromatic N) is 2. The van der Waals surface area contributed by atoms with Gasteiger partial charge in [-0.1, -0.05) is 6.07 Å². The molecule has 0 bridgehead atoms. The molecule has 5 heteroatoms. The first-order valence-corrected chi connectivity index (χ1v) is 4.84. The fraction of sp³-hybridized carbons (Fsp3) is 0.375. The minimum Gasteiger partial charge on any atom is -0.368 e. The molecule has 4 N–H and O–H groups in total. The topological polar surface area (TPSA) is 67.6 Å². The third kappa shape index (κ3) is 2.12. The van der Waals surface area contributed by atoms with E-state index in [0.717, 1.165) is 0 Å². The van der Waals surface area contributed by atoms with Gasteiger partial charge in [0, 0.05) is 11.9 Å². The van der Waals surface area contributed by atoms with Crippen LogP contribution in [0.15, 0.2) is 22.6 Å². The van der Waals surface area contributed by atoms with Gasteiger partial charge in [-0.25, -0.2) is 0 Å². The first kappa shape index (κ1) is 9.85. The van der Waals surface area contributed by atoms with Gasteiger partial charge >= 0.3 is 0 Å². The van der Waals surface area contributed by atoms with Gasteiger partial charge < -0.3 is 16.5 Å². The van der Waals surface area contributed by atoms with Crippen LogP contribution in [0, 0.1) is 0 Å². The van der Waals surface area contributed by atoms with Gasteiger partial charge in [0.15, 0.2) is 0 Å². The lowest BCUT2D eigenvalue weighted by Gasteiger charge is -2.24. The normalized spacial score (nSPS) is 14.2. The molecule has 1 heterocycles. The Morgan fingerprint density at radius 2 is 2.38 bits per heavy atom. The molecule has 0 aromatic carbocycles. The maximum absolute atomic E-state index is 5.58. The first-order valence-electron chi connectivity index (χ1n) is 3.96. The van der Waals surface area contributed by atoms with E-state index in [0.29, 0.717) is 5.96 Å². The molecule has 0 radical (unpaired) electrons. The Balaban J connectivity index is 2.74. The molecular formula is C8H14N4S. The summed E-state index contributed by atoms with van der Waals surface area (Å²) >= 11 is 1.69. The van der Waals surface area contributed by atoms with Gasteiger partial charge in [-0.05, 0) is 18.4 Å². The lowest BCUT2D eigenvalue weighted by Crippen LogP contribution is -2.36. The second kappa shape index (κ2) is 4.13. The van der Waals surface area contributed by atoms with Gasteiger partial charge in [0.25, 0.3) is 0 Å². The van der Waals surface area contributed by atoms with Crippen molar-refractivity contribution < 1.29 is 0 Å². The summed E-state index contributed by atoms with van der Waals surface area (Å²) in [5, 5.41) is 5.48. The van der Waals surface area contributed by atoms with Crippen LogP contribution in [0.3, 0.4) is 0 Å². The standard InChI is InChI=1S/C8H14N4S/c1-6(7-4-3-5-13-7)12(2)8(9)11-10/h3-6H,10H2,1-2H3,(H2,9,11). The van der Waals surface area contributed by atoms with Crippen LogP contribution in [0.4, 0.5) is 0 Å². The minimum atomic E-state index is 0.215. The summed E-state index contributed by atoms with van der Waals surface area (Å²) in [5.74, 6) is 5.44. The van der Waals surface area contributed by atoms with Crippen LogP contribution in [0.25, 0.3) is 0 Å². The second-order valence-electron chi connectivity index (χ2n) is 2.79. The highest BCUT2D eigenvalue weighted by Crippen LogP contribution is 2.22. The molecule has 0 saturated heterocycles. The maximum Gasteiger partial charge on any atom is 0.213 e. The van der Waals surface area contributed by atoms with E-state index in [1.165, 1.54) is 4.88 Å². The molecule has 0 aliphatic carbocycles. The van der Waals surface area contributed by atoms with Crippen LogP contribution in [0.5, 0.6) is 0 Å². The summed E-state index contributed by atoms with van der Waals surface area (Å²) in [4.78, 5) is 3.08. The number of hydrogen-bond acceptors (Lipinski definition) is 3. The highest BCUT2D eigenvalue weighted by Gasteiger charge is 2.13. The molecule has 1 atom stereocenters. The molecule has 4 nitrogen and oxygen atoms in total. The zero-order valence-electron chi connectivity index (χ0n) is 7.77. The van der Waals surface area contributed by atoms with Crippen molar-refractivity contribution in [1.29, 1.82) is 0 Å². The molecule has 0 aliphatic heterocycles. The lowest BCUT2D eigenvalue weighted by atomic mass is 10.2. The number of guanidine groups is 1. The van der Waals surface area contributed by atoms with E-state index >= 15 is 0 Å². The fourth-order valence-electron chi connectivity index (χ4n) is 1.01. The number of hydrogen-bond donors (Lipinski definition) is 2. The van der Waals surface area contributed by atoms with Gasteiger partial charge in [-0.3, -0.25) is 0 Å². The third-order valence-corrected chi connectivity index (χ3v) is 3.07. The van der Waals surface area contributed by atoms with Gasteiger partial charge in [0.05, 0.1) is 6.04 Å². The molecule has 1 aromatic rings. The molecular weight excluding hydrogens is 184 g/mol. The predicted molar refractivity (Wildman–Crippen MR) is 56.3 cm³/mol. The minimum absolute atomic E-state index is 0.215. The average Bonchev–Trinajstić information content (AvgIpc) is 2.67. The largest absolute Gasteiger partial charge is 0.368 e. The molecule has 1 aromatic heterocycles. The fourth-order valence-corrected chi connectivity index (χ4v) is 1.84. The Hall–Kier alpha value is -1.23. The van der Waals surface area contributed by atoms with Crippen molar-refractivity contribution in [3.63, 3.8) is 0 Å². The van der Waals surface area contributed by atoms with Crippen molar-refractivity contribution in [2.24, 2.45) is 16.7 Å². The molecule has 0 aliphatic rings. The predicted octanol–water partition coefficient (Wildman–Crippen LogP) is 0.929. The summed E-state index contributed by atoms with van der Waals surface area (Å²) in [7, 11) is 1.87. The van der Waals surface area contributed by atoms with Crippen molar-refractivity contribution in [3.8, 4) is 0 Å². The van der Waals surface area contributed by atoms with Gasteiger partial charge in [0.2, 0.25) is 5.96 Å². The van der Waals surface area contributed by atoms with Crippen LogP contribution in [-0.4, -0.2) is 17.9 Å². The third-order valence-electron chi connectivity index (χ3n) is 2.03. The maximum atomic E-state index is 5.58. The lowest BCUT2D eigenvalue weighted by molar-refractivity contribution is 0.402. The molecule has 13 heavy (non-hydrogen) atoms. The van der Waals surface area contributed by atoms with Crippen LogP contribution >= 0.6 is 11.3 Å². The highest BCUT2D eigenvalue weighted by molar-refractivity contribution is 7.10. The van der Waals surface area contributed by atoms with Crippen LogP contribution in [0.2, 0.25) is 0 Å². The van der Waals surface area contributed by atoms with Crippen molar-refractivity contribution in [1.82, 2.24) is 4.90 Å². The Morgan fingerprint density at radius 1 is 1.69 bits per heavy atom. The summed E-state index contributed by atoms with van der Waals surface area (Å²) in [5.41, 5.74) is 5.58. The molecule has 0 amide bonds. The first-order chi connectivity index (χ1) is 6.16. The number of thiophene rings is 1. The SMILES string of the molecule is CC(c1cccs1)N(C)/C(N)=N/N. The Morgan fingerprint density at radius 3 is 2.85 bits per heavy atom. The van der Waals surface area contributed by atoms with E-state index in [4.69, 9.17) is 11.6 Å². The Labute approximate surface area is 81.8 Å². The average molecular weight is 198 g/mol. The zero-order chi connectivity index (χ0) is 9.84. The van der Waals surface area contributed by atoms with E-state index < -0.39 is 0 Å². The van der Waals surface area contributed by atoms with Crippen molar-refractivity contribution in [3.05, 3.63) is 22.4 Å². The Kier molecular flexibility index (Phi) is 3.13. The van der Waals surface area contributed by atoms with E-state index in [-0.39, 0.29) is 6.04 Å². The van der Waals surface area contributed by atoms with E-state index in [1.54, 1.807) is 11.3 Å². The van der Waals surface area contributed by atoms with Gasteiger partial charge in [-0.15, -0.1) is 16.4 Å². The Bertz CT molecular complexity index is 280. The van der Waals surface area contributed by atoms with Gasteiger partial charge in [0.1, 0.15) is 0 Å². The van der Waals surface area contributed by atoms with Crippen molar-refractivity contribution in [2.45, 2.75) is 13.0 Å². The monoisotopic (exact) mass is 198 g/mol. The van der Waals surface area contributed by atoms with E-state index in [1.807, 2.05) is 23.4 Å². The summed E-state index contributed by atoms with van der Waals surface area (Å²) < 4.78 is 0. The highest BCUT2D eigenvalue weighted by atomic mass is 32.1. The van der Waals surface area contributed by atoms with Crippen molar-refractivity contribution in [2.75, 3.05) is 7.05 Å². The van der Waals surface area contributed by atoms with Crippen LogP contribution in [-0.2, 0) is 0 Å². The molecule has 1 unspecified atom stereocenters. The second-order valence-corrected chi connectivity index (χ2v) is 3.77. The van der Waals surface area contributed by atoms with E-state index in [2.05, 4.69) is 18.1 Å². The summed E-state index contributed by atoms with van der Waals surface area (Å²) in [6, 6.07) is 4.29. The molecule has 0 fully saturated rings. The summed E-state index contributed by atoms with van der Waals surface area (Å²) in [6.07, 6.45) is 0. The number of rotatable bonds is 2. The number of nitrogens with two attached hydrogens (primary N) is 2. The number of hydrazone groups is 1. The molecule has 72 valence electrons. The van der Waals surface area contributed by atoms with Crippen molar-refractivity contribution >= 4 is 17.3 Å². The van der Waals surface area contributed by atoms with Gasteiger partial charge in [-0.2, -0.15) is 0 Å². The zero-order valence-corrected chi connectivity index (χ0v) is 8.58. The quantitative estimate of drug-likeness (QED) is 0.321. The van der Waals surface area contributed by atoms with Crippen LogP contribution < -0.4 is 11.6 Å². The van der Waals surface area contributed by atoms with E-state index in [9.17, 15) is 0 Å². The molecule has 1 rings (SSSR count). The smallest absolute Gasteiger partial charge is 0.213 e.